The lowest BCUT2D eigenvalue weighted by molar-refractivity contribution is -0.181. The highest BCUT2D eigenvalue weighted by atomic mass is 16.5. The van der Waals surface area contributed by atoms with E-state index >= 15 is 0 Å². The zero-order valence-electron chi connectivity index (χ0n) is 21.2. The lowest BCUT2D eigenvalue weighted by Crippen LogP contribution is -2.69. The summed E-state index contributed by atoms with van der Waals surface area (Å²) in [5.41, 5.74) is 0.884. The molecule has 0 saturated carbocycles. The van der Waals surface area contributed by atoms with Gasteiger partial charge in [-0.25, -0.2) is 0 Å². The van der Waals surface area contributed by atoms with Crippen molar-refractivity contribution in [2.45, 2.75) is 43.4 Å². The van der Waals surface area contributed by atoms with Gasteiger partial charge >= 0.3 is 11.9 Å². The van der Waals surface area contributed by atoms with Crippen molar-refractivity contribution < 1.29 is 54.2 Å². The fraction of sp³-hybridized carbons (Fsp3) is 0.423. The van der Waals surface area contributed by atoms with Crippen LogP contribution in [0.1, 0.15) is 41.6 Å². The number of aromatic hydroxyl groups is 1. The van der Waals surface area contributed by atoms with Crippen LogP contribution in [0.15, 0.2) is 40.9 Å². The highest BCUT2D eigenvalue weighted by molar-refractivity contribution is 6.25. The summed E-state index contributed by atoms with van der Waals surface area (Å²) in [4.78, 5) is 64.7. The molecule has 1 amide bonds. The highest BCUT2D eigenvalue weighted by Crippen LogP contribution is 2.56. The number of carboxylic acids is 1. The number of aliphatic hydroxyl groups excluding tert-OH is 2. The third kappa shape index (κ3) is 3.96. The summed E-state index contributed by atoms with van der Waals surface area (Å²) in [5, 5.41) is 53.8. The molecule has 13 nitrogen and oxygen atoms in total. The van der Waals surface area contributed by atoms with E-state index in [2.05, 4.69) is 0 Å². The van der Waals surface area contributed by atoms with Gasteiger partial charge in [0, 0.05) is 11.5 Å². The Labute approximate surface area is 221 Å². The summed E-state index contributed by atoms with van der Waals surface area (Å²) < 4.78 is 5.68. The standard InChI is InChI=1S/C26H28N2O11/c1-9-10-5-4-6-11(29)15(10)20(33)16-14(9)22(39-13(32)8-7-12(30)31)18-19(28(2)3)21(34)17(25(27)37)24(36)26(18,38)23(16)35/h4-6,9,14,18-19,22,29,34-35,38H,7-8H2,1-3H3,(H2,27,37)(H,30,31)/t9-,14+,18+,19-,22-,26-/m0/s1. The molecule has 0 saturated heterocycles. The molecule has 208 valence electrons. The van der Waals surface area contributed by atoms with E-state index < -0.39 is 106 Å². The predicted molar refractivity (Wildman–Crippen MR) is 131 cm³/mol. The molecule has 6 atom stereocenters. The Bertz CT molecular complexity index is 1380. The van der Waals surface area contributed by atoms with Gasteiger partial charge in [-0.1, -0.05) is 19.1 Å². The number of phenolic OH excluding ortho intramolecular Hbond substituents is 1. The van der Waals surface area contributed by atoms with Crippen LogP contribution in [0.3, 0.4) is 0 Å². The summed E-state index contributed by atoms with van der Waals surface area (Å²) >= 11 is 0. The second kappa shape index (κ2) is 9.50. The molecule has 3 aliphatic carbocycles. The van der Waals surface area contributed by atoms with Crippen LogP contribution in [0.25, 0.3) is 0 Å². The van der Waals surface area contributed by atoms with Gasteiger partial charge in [0.15, 0.2) is 11.4 Å². The van der Waals surface area contributed by atoms with Crippen LogP contribution in [-0.4, -0.2) is 91.7 Å². The molecule has 0 aromatic heterocycles. The van der Waals surface area contributed by atoms with Gasteiger partial charge < -0.3 is 36.0 Å². The van der Waals surface area contributed by atoms with Gasteiger partial charge in [-0.2, -0.15) is 0 Å². The zero-order valence-corrected chi connectivity index (χ0v) is 21.2. The van der Waals surface area contributed by atoms with Crippen LogP contribution in [0, 0.1) is 11.8 Å². The minimum Gasteiger partial charge on any atom is -0.510 e. The Morgan fingerprint density at radius 2 is 1.74 bits per heavy atom. The second-order valence-electron chi connectivity index (χ2n) is 10.1. The van der Waals surface area contributed by atoms with Crippen molar-refractivity contribution in [1.82, 2.24) is 4.90 Å². The number of likely N-dealkylation sites (N-methyl/N-ethyl adjacent to an activating group) is 1. The summed E-state index contributed by atoms with van der Waals surface area (Å²) in [7, 11) is 2.86. The van der Waals surface area contributed by atoms with E-state index in [-0.39, 0.29) is 5.56 Å². The van der Waals surface area contributed by atoms with E-state index in [4.69, 9.17) is 15.6 Å². The van der Waals surface area contributed by atoms with Gasteiger partial charge in [-0.15, -0.1) is 0 Å². The number of Topliss-reactive ketones (excluding diaryl/α,β-unsaturated/α-hetero) is 2. The molecule has 0 bridgehead atoms. The largest absolute Gasteiger partial charge is 0.510 e. The van der Waals surface area contributed by atoms with Gasteiger partial charge in [0.05, 0.1) is 30.4 Å². The number of nitrogens with two attached hydrogens (primary N) is 1. The number of rotatable bonds is 6. The number of ketones is 2. The first kappa shape index (κ1) is 27.8. The molecule has 39 heavy (non-hydrogen) atoms. The van der Waals surface area contributed by atoms with Crippen LogP contribution < -0.4 is 5.73 Å². The van der Waals surface area contributed by atoms with Crippen LogP contribution in [-0.2, 0) is 23.9 Å². The van der Waals surface area contributed by atoms with E-state index in [0.717, 1.165) is 0 Å². The first-order valence-electron chi connectivity index (χ1n) is 12.0. The number of ether oxygens (including phenoxy) is 1. The number of hydrogen-bond donors (Lipinski definition) is 6. The topological polar surface area (TPSA) is 225 Å². The van der Waals surface area contributed by atoms with Crippen LogP contribution in [0.5, 0.6) is 5.75 Å². The third-order valence-corrected chi connectivity index (χ3v) is 7.78. The van der Waals surface area contributed by atoms with Gasteiger partial charge in [-0.3, -0.25) is 28.9 Å². The van der Waals surface area contributed by atoms with Crippen molar-refractivity contribution in [2.24, 2.45) is 17.6 Å². The molecular formula is C26H28N2O11. The highest BCUT2D eigenvalue weighted by Gasteiger charge is 2.68. The van der Waals surface area contributed by atoms with E-state index in [1.807, 2.05) is 0 Å². The van der Waals surface area contributed by atoms with Crippen molar-refractivity contribution in [3.63, 3.8) is 0 Å². The lowest BCUT2D eigenvalue weighted by atomic mass is 9.55. The Balaban J connectivity index is 2.04. The molecular weight excluding hydrogens is 516 g/mol. The number of nitrogens with zero attached hydrogens (tertiary/aromatic N) is 1. The van der Waals surface area contributed by atoms with E-state index in [1.165, 1.54) is 31.1 Å². The van der Waals surface area contributed by atoms with Gasteiger partial charge in [0.2, 0.25) is 5.78 Å². The summed E-state index contributed by atoms with van der Waals surface area (Å²) in [6.07, 6.45) is -2.79. The minimum atomic E-state index is -3.06. The fourth-order valence-electron chi connectivity index (χ4n) is 6.11. The smallest absolute Gasteiger partial charge is 0.306 e. The average Bonchev–Trinajstić information content (AvgIpc) is 2.84. The van der Waals surface area contributed by atoms with Gasteiger partial charge in [-0.05, 0) is 31.6 Å². The Morgan fingerprint density at radius 1 is 1.10 bits per heavy atom. The molecule has 0 radical (unpaired) electrons. The molecule has 0 heterocycles. The Hall–Kier alpha value is -4.23. The van der Waals surface area contributed by atoms with Gasteiger partial charge in [0.1, 0.15) is 28.9 Å². The van der Waals surface area contributed by atoms with Crippen molar-refractivity contribution in [3.8, 4) is 5.75 Å². The van der Waals surface area contributed by atoms with Crippen molar-refractivity contribution in [3.05, 3.63) is 52.0 Å². The summed E-state index contributed by atoms with van der Waals surface area (Å²) in [5.74, 6) is -12.2. The number of phenols is 1. The average molecular weight is 545 g/mol. The number of hydrogen-bond acceptors (Lipinski definition) is 11. The number of fused-ring (bicyclic) bond motifs is 3. The fourth-order valence-corrected chi connectivity index (χ4v) is 6.11. The molecule has 0 aliphatic heterocycles. The van der Waals surface area contributed by atoms with Gasteiger partial charge in [0.25, 0.3) is 5.91 Å². The van der Waals surface area contributed by atoms with Crippen LogP contribution in [0.2, 0.25) is 0 Å². The number of aliphatic hydroxyl groups is 3. The molecule has 3 aliphatic rings. The predicted octanol–water partition coefficient (Wildman–Crippen LogP) is 0.0681. The minimum absolute atomic E-state index is 0.193. The second-order valence-corrected chi connectivity index (χ2v) is 10.1. The SMILES string of the molecule is C[C@H]1c2cccc(O)c2C(=O)C2=C(O)[C@]3(O)C(=O)C(C(N)=O)=C(O)[C@@H](N(C)C)[C@@H]3[C@@H](OC(=O)CCC(=O)O)[C@@H]21. The molecule has 1 aromatic rings. The number of primary amides is 1. The number of carboxylic acid groups (broad SMARTS) is 1. The van der Waals surface area contributed by atoms with Crippen molar-refractivity contribution in [1.29, 1.82) is 0 Å². The molecule has 0 fully saturated rings. The number of esters is 1. The van der Waals surface area contributed by atoms with Crippen LogP contribution >= 0.6 is 0 Å². The number of carbonyl (C=O) groups is 5. The quantitative estimate of drug-likeness (QED) is 0.207. The number of benzene rings is 1. The van der Waals surface area contributed by atoms with Crippen molar-refractivity contribution in [2.75, 3.05) is 14.1 Å². The first-order chi connectivity index (χ1) is 18.2. The third-order valence-electron chi connectivity index (χ3n) is 7.78. The maximum atomic E-state index is 13.7. The molecule has 0 spiro atoms. The number of aliphatic carboxylic acids is 1. The van der Waals surface area contributed by atoms with E-state index in [0.29, 0.717) is 5.56 Å². The maximum absolute atomic E-state index is 13.7. The molecule has 7 N–H and O–H groups in total. The normalized spacial score (nSPS) is 30.0. The molecule has 0 unspecified atom stereocenters. The molecule has 1 aromatic carbocycles. The van der Waals surface area contributed by atoms with Crippen molar-refractivity contribution >= 4 is 29.4 Å². The molecule has 13 heteroatoms. The van der Waals surface area contributed by atoms with E-state index in [1.54, 1.807) is 13.0 Å². The maximum Gasteiger partial charge on any atom is 0.306 e. The Kier molecular flexibility index (Phi) is 6.77. The zero-order chi connectivity index (χ0) is 29.1. The number of amides is 1. The monoisotopic (exact) mass is 544 g/mol. The summed E-state index contributed by atoms with van der Waals surface area (Å²) in [6.45, 7) is 1.62. The first-order valence-corrected chi connectivity index (χ1v) is 12.0. The number of carbonyl (C=O) groups excluding carboxylic acids is 4. The summed E-state index contributed by atoms with van der Waals surface area (Å²) in [6, 6.07) is 2.85. The van der Waals surface area contributed by atoms with E-state index in [9.17, 15) is 44.4 Å². The van der Waals surface area contributed by atoms with Crippen LogP contribution in [0.4, 0.5) is 0 Å². The lowest BCUT2D eigenvalue weighted by Gasteiger charge is -2.54. The molecule has 4 rings (SSSR count). The Morgan fingerprint density at radius 3 is 2.31 bits per heavy atom.